The molecule has 1 aliphatic carbocycles. The summed E-state index contributed by atoms with van der Waals surface area (Å²) in [6.07, 6.45) is 2.62. The smallest absolute Gasteiger partial charge is 0.239 e. The summed E-state index contributed by atoms with van der Waals surface area (Å²) in [7, 11) is 0. The molecule has 0 aromatic carbocycles. The normalized spacial score (nSPS) is 15.0. The van der Waals surface area contributed by atoms with Crippen molar-refractivity contribution in [1.82, 2.24) is 15.4 Å². The summed E-state index contributed by atoms with van der Waals surface area (Å²) < 4.78 is 5.62. The molecule has 2 aromatic heterocycles. The van der Waals surface area contributed by atoms with E-state index in [4.69, 9.17) is 4.52 Å². The Labute approximate surface area is 153 Å². The maximum Gasteiger partial charge on any atom is 0.239 e. The van der Waals surface area contributed by atoms with Crippen LogP contribution in [0.25, 0.3) is 0 Å². The Morgan fingerprint density at radius 2 is 2.24 bits per heavy atom. The molecule has 1 aliphatic rings. The van der Waals surface area contributed by atoms with Crippen LogP contribution < -0.4 is 10.2 Å². The summed E-state index contributed by atoms with van der Waals surface area (Å²) in [6, 6.07) is 1.91. The highest BCUT2D eigenvalue weighted by Gasteiger charge is 2.34. The van der Waals surface area contributed by atoms with Crippen LogP contribution in [0.4, 0.5) is 10.9 Å². The van der Waals surface area contributed by atoms with Crippen LogP contribution in [-0.4, -0.2) is 38.5 Å². The highest BCUT2D eigenvalue weighted by molar-refractivity contribution is 8.02. The van der Waals surface area contributed by atoms with E-state index in [1.807, 2.05) is 6.92 Å². The number of hydrogen-bond donors (Lipinski definition) is 1. The number of rotatable bonds is 7. The van der Waals surface area contributed by atoms with E-state index < -0.39 is 0 Å². The summed E-state index contributed by atoms with van der Waals surface area (Å²) >= 11 is 2.68. The van der Waals surface area contributed by atoms with Gasteiger partial charge in [-0.3, -0.25) is 14.5 Å². The van der Waals surface area contributed by atoms with Gasteiger partial charge in [0.15, 0.2) is 10.2 Å². The first-order chi connectivity index (χ1) is 12.0. The Morgan fingerprint density at radius 1 is 1.48 bits per heavy atom. The number of carbonyl (C=O) groups is 2. The van der Waals surface area contributed by atoms with Gasteiger partial charge in [-0.05, 0) is 26.2 Å². The summed E-state index contributed by atoms with van der Waals surface area (Å²) in [5.41, 5.74) is 0. The second-order valence-corrected chi connectivity index (χ2v) is 8.20. The van der Waals surface area contributed by atoms with E-state index in [1.165, 1.54) is 30.0 Å². The van der Waals surface area contributed by atoms with E-state index in [2.05, 4.69) is 20.7 Å². The SMILES string of the molecule is CC[C@H](Sc1nnc(N(C(C)=O)C2CC2)s1)C(=O)Nc1cc(C)on1. The molecule has 0 aliphatic heterocycles. The summed E-state index contributed by atoms with van der Waals surface area (Å²) in [5, 5.41) is 15.0. The molecule has 1 saturated carbocycles. The lowest BCUT2D eigenvalue weighted by Gasteiger charge is -2.15. The molecule has 0 spiro atoms. The summed E-state index contributed by atoms with van der Waals surface area (Å²) in [5.74, 6) is 0.842. The largest absolute Gasteiger partial charge is 0.360 e. The molecule has 0 saturated heterocycles. The molecule has 2 amide bonds. The highest BCUT2D eigenvalue weighted by atomic mass is 32.2. The lowest BCUT2D eigenvalue weighted by atomic mass is 10.3. The zero-order valence-electron chi connectivity index (χ0n) is 14.2. The maximum atomic E-state index is 12.4. The standard InChI is InChI=1S/C15H19N5O3S2/c1-4-11(13(22)16-12-7-8(2)23-19-12)24-15-18-17-14(25-15)20(9(3)21)10-5-6-10/h7,10-11H,4-6H2,1-3H3,(H,16,19,22)/t11-/m0/s1. The molecular formula is C15H19N5O3S2. The molecule has 1 N–H and O–H groups in total. The van der Waals surface area contributed by atoms with Crippen molar-refractivity contribution in [3.8, 4) is 0 Å². The van der Waals surface area contributed by atoms with Crippen molar-refractivity contribution in [2.45, 2.75) is 55.7 Å². The quantitative estimate of drug-likeness (QED) is 0.581. The van der Waals surface area contributed by atoms with Crippen LogP contribution in [0.2, 0.25) is 0 Å². The molecule has 8 nitrogen and oxygen atoms in total. The van der Waals surface area contributed by atoms with Gasteiger partial charge in [-0.1, -0.05) is 35.2 Å². The third-order valence-electron chi connectivity index (χ3n) is 3.64. The average molecular weight is 381 g/mol. The van der Waals surface area contributed by atoms with Crippen molar-refractivity contribution in [2.24, 2.45) is 0 Å². The fourth-order valence-electron chi connectivity index (χ4n) is 2.30. The van der Waals surface area contributed by atoms with Crippen LogP contribution in [0.15, 0.2) is 14.9 Å². The Kier molecular flexibility index (Phi) is 5.38. The highest BCUT2D eigenvalue weighted by Crippen LogP contribution is 2.37. The van der Waals surface area contributed by atoms with Crippen LogP contribution >= 0.6 is 23.1 Å². The van der Waals surface area contributed by atoms with Crippen molar-refractivity contribution >= 4 is 45.9 Å². The lowest BCUT2D eigenvalue weighted by Crippen LogP contribution is -2.30. The van der Waals surface area contributed by atoms with Gasteiger partial charge in [0.2, 0.25) is 16.9 Å². The monoisotopic (exact) mass is 381 g/mol. The Balaban J connectivity index is 1.65. The van der Waals surface area contributed by atoms with Crippen molar-refractivity contribution < 1.29 is 14.1 Å². The van der Waals surface area contributed by atoms with Gasteiger partial charge in [0.05, 0.1) is 5.25 Å². The van der Waals surface area contributed by atoms with Crippen LogP contribution in [-0.2, 0) is 9.59 Å². The summed E-state index contributed by atoms with van der Waals surface area (Å²) in [4.78, 5) is 25.9. The van der Waals surface area contributed by atoms with Crippen molar-refractivity contribution in [1.29, 1.82) is 0 Å². The molecule has 0 unspecified atom stereocenters. The van der Waals surface area contributed by atoms with E-state index in [9.17, 15) is 9.59 Å². The van der Waals surface area contributed by atoms with Gasteiger partial charge in [0.25, 0.3) is 0 Å². The van der Waals surface area contributed by atoms with Gasteiger partial charge in [-0.15, -0.1) is 10.2 Å². The van der Waals surface area contributed by atoms with Gasteiger partial charge < -0.3 is 9.84 Å². The Bertz CT molecular complexity index is 771. The van der Waals surface area contributed by atoms with Gasteiger partial charge >= 0.3 is 0 Å². The van der Waals surface area contributed by atoms with Crippen molar-refractivity contribution in [2.75, 3.05) is 10.2 Å². The van der Waals surface area contributed by atoms with E-state index >= 15 is 0 Å². The number of nitrogens with zero attached hydrogens (tertiary/aromatic N) is 4. The predicted molar refractivity (Wildman–Crippen MR) is 95.9 cm³/mol. The number of aromatic nitrogens is 3. The van der Waals surface area contributed by atoms with E-state index in [-0.39, 0.29) is 23.1 Å². The fourth-order valence-corrected chi connectivity index (χ4v) is 4.43. The Morgan fingerprint density at radius 3 is 2.80 bits per heavy atom. The fraction of sp³-hybridized carbons (Fsp3) is 0.533. The first kappa shape index (κ1) is 17.9. The third kappa shape index (κ3) is 4.37. The first-order valence-corrected chi connectivity index (χ1v) is 9.71. The number of hydrogen-bond acceptors (Lipinski definition) is 8. The lowest BCUT2D eigenvalue weighted by molar-refractivity contribution is -0.117. The number of aryl methyl sites for hydroxylation is 1. The van der Waals surface area contributed by atoms with Gasteiger partial charge in [0.1, 0.15) is 5.76 Å². The summed E-state index contributed by atoms with van der Waals surface area (Å²) in [6.45, 7) is 5.23. The molecule has 3 rings (SSSR count). The van der Waals surface area contributed by atoms with Crippen LogP contribution in [0.5, 0.6) is 0 Å². The molecule has 2 aromatic rings. The molecule has 0 radical (unpaired) electrons. The van der Waals surface area contributed by atoms with Gasteiger partial charge in [-0.25, -0.2) is 0 Å². The van der Waals surface area contributed by atoms with Crippen LogP contribution in [0.1, 0.15) is 38.9 Å². The molecule has 1 fully saturated rings. The van der Waals surface area contributed by atoms with Crippen LogP contribution in [0, 0.1) is 6.92 Å². The second kappa shape index (κ2) is 7.52. The predicted octanol–water partition coefficient (Wildman–Crippen LogP) is 2.86. The minimum Gasteiger partial charge on any atom is -0.360 e. The van der Waals surface area contributed by atoms with Gasteiger partial charge in [0, 0.05) is 19.0 Å². The average Bonchev–Trinajstić information content (AvgIpc) is 3.13. The molecule has 10 heteroatoms. The number of anilines is 2. The van der Waals surface area contributed by atoms with Gasteiger partial charge in [-0.2, -0.15) is 0 Å². The molecule has 1 atom stereocenters. The minimum atomic E-state index is -0.329. The van der Waals surface area contributed by atoms with E-state index in [0.717, 1.165) is 12.8 Å². The molecule has 25 heavy (non-hydrogen) atoms. The van der Waals surface area contributed by atoms with E-state index in [1.54, 1.807) is 17.9 Å². The third-order valence-corrected chi connectivity index (χ3v) is 6.01. The number of amides is 2. The van der Waals surface area contributed by atoms with E-state index in [0.29, 0.717) is 27.5 Å². The number of nitrogens with one attached hydrogen (secondary N) is 1. The molecule has 0 bridgehead atoms. The maximum absolute atomic E-state index is 12.4. The molecule has 134 valence electrons. The molecular weight excluding hydrogens is 362 g/mol. The second-order valence-electron chi connectivity index (χ2n) is 5.80. The number of carbonyl (C=O) groups excluding carboxylic acids is 2. The Hall–Kier alpha value is -1.94. The zero-order valence-corrected chi connectivity index (χ0v) is 15.8. The molecule has 2 heterocycles. The number of thioether (sulfide) groups is 1. The topological polar surface area (TPSA) is 101 Å². The van der Waals surface area contributed by atoms with Crippen molar-refractivity contribution in [3.05, 3.63) is 11.8 Å². The zero-order chi connectivity index (χ0) is 18.0. The minimum absolute atomic E-state index is 0.0265. The van der Waals surface area contributed by atoms with Crippen LogP contribution in [0.3, 0.4) is 0 Å². The van der Waals surface area contributed by atoms with Crippen molar-refractivity contribution in [3.63, 3.8) is 0 Å². The first-order valence-electron chi connectivity index (χ1n) is 8.02.